The molecule has 0 unspecified atom stereocenters. The number of phenols is 1. The molecule has 29 heavy (non-hydrogen) atoms. The number of hydrogen-bond acceptors (Lipinski definition) is 5. The number of H-pyrrole nitrogens is 1. The summed E-state index contributed by atoms with van der Waals surface area (Å²) in [4.78, 5) is 25.7. The van der Waals surface area contributed by atoms with E-state index in [2.05, 4.69) is 15.6 Å². The van der Waals surface area contributed by atoms with E-state index in [0.717, 1.165) is 17.7 Å². The van der Waals surface area contributed by atoms with Gasteiger partial charge in [-0.2, -0.15) is 0 Å². The molecule has 0 saturated heterocycles. The van der Waals surface area contributed by atoms with Gasteiger partial charge in [-0.15, -0.1) is 0 Å². The van der Waals surface area contributed by atoms with E-state index in [1.165, 1.54) is 12.1 Å². The van der Waals surface area contributed by atoms with Gasteiger partial charge in [-0.3, -0.25) is 9.59 Å². The maximum Gasteiger partial charge on any atom is 0.248 e. The molecule has 2 aromatic carbocycles. The van der Waals surface area contributed by atoms with Gasteiger partial charge in [0, 0.05) is 36.7 Å². The van der Waals surface area contributed by atoms with Gasteiger partial charge < -0.3 is 25.8 Å². The third-order valence-corrected chi connectivity index (χ3v) is 4.65. The van der Waals surface area contributed by atoms with Crippen LogP contribution < -0.4 is 16.2 Å². The summed E-state index contributed by atoms with van der Waals surface area (Å²) in [5.41, 5.74) is 2.40. The maximum absolute atomic E-state index is 11.6. The summed E-state index contributed by atoms with van der Waals surface area (Å²) in [6, 6.07) is 13.6. The quantitative estimate of drug-likeness (QED) is 0.402. The van der Waals surface area contributed by atoms with E-state index in [1.807, 2.05) is 31.2 Å². The first-order valence-electron chi connectivity index (χ1n) is 9.60. The van der Waals surface area contributed by atoms with Gasteiger partial charge in [-0.05, 0) is 41.8 Å². The van der Waals surface area contributed by atoms with Gasteiger partial charge in [-0.1, -0.05) is 25.1 Å². The van der Waals surface area contributed by atoms with E-state index in [9.17, 15) is 19.8 Å². The number of phenolic OH excluding ortho intramolecular Hbond substituents is 1. The zero-order valence-electron chi connectivity index (χ0n) is 16.2. The van der Waals surface area contributed by atoms with Crippen LogP contribution >= 0.6 is 0 Å². The molecule has 0 aliphatic rings. The third-order valence-electron chi connectivity index (χ3n) is 4.65. The monoisotopic (exact) mass is 395 g/mol. The van der Waals surface area contributed by atoms with Crippen LogP contribution in [0, 0.1) is 0 Å². The Balaban J connectivity index is 1.60. The van der Waals surface area contributed by atoms with Crippen molar-refractivity contribution in [2.45, 2.75) is 32.4 Å². The second-order valence-electron chi connectivity index (χ2n) is 6.93. The number of pyridine rings is 1. The smallest absolute Gasteiger partial charge is 0.248 e. The SMILES string of the molecule is CCCC(=O)Nc1ccc(CNC[C@H](O)c2ccc(O)c3[nH]c(=O)ccc23)cc1. The summed E-state index contributed by atoms with van der Waals surface area (Å²) in [7, 11) is 0. The fourth-order valence-corrected chi connectivity index (χ4v) is 3.17. The highest BCUT2D eigenvalue weighted by atomic mass is 16.3. The maximum atomic E-state index is 11.6. The zero-order chi connectivity index (χ0) is 20.8. The fourth-order valence-electron chi connectivity index (χ4n) is 3.17. The van der Waals surface area contributed by atoms with Crippen molar-refractivity contribution in [3.8, 4) is 5.75 Å². The van der Waals surface area contributed by atoms with Crippen LogP contribution in [0.2, 0.25) is 0 Å². The number of amides is 1. The fraction of sp³-hybridized carbons (Fsp3) is 0.273. The molecule has 0 fully saturated rings. The minimum atomic E-state index is -0.809. The van der Waals surface area contributed by atoms with Crippen LogP contribution in [0.25, 0.3) is 10.9 Å². The molecule has 3 rings (SSSR count). The Hall–Kier alpha value is -3.16. The average molecular weight is 395 g/mol. The normalized spacial score (nSPS) is 12.1. The van der Waals surface area contributed by atoms with Gasteiger partial charge in [-0.25, -0.2) is 0 Å². The van der Waals surface area contributed by atoms with Crippen LogP contribution in [0.5, 0.6) is 5.75 Å². The largest absolute Gasteiger partial charge is 0.506 e. The number of carbonyl (C=O) groups is 1. The number of aromatic amines is 1. The summed E-state index contributed by atoms with van der Waals surface area (Å²) in [5, 5.41) is 27.2. The van der Waals surface area contributed by atoms with Crippen molar-refractivity contribution in [1.29, 1.82) is 0 Å². The molecule has 3 aromatic rings. The highest BCUT2D eigenvalue weighted by Gasteiger charge is 2.13. The molecule has 0 bridgehead atoms. The van der Waals surface area contributed by atoms with Crippen molar-refractivity contribution in [3.05, 3.63) is 70.0 Å². The van der Waals surface area contributed by atoms with Gasteiger partial charge in [0.1, 0.15) is 5.75 Å². The molecule has 0 saturated carbocycles. The molecule has 7 heteroatoms. The number of anilines is 1. The first kappa shape index (κ1) is 20.6. The molecule has 0 aliphatic carbocycles. The number of hydrogen-bond donors (Lipinski definition) is 5. The summed E-state index contributed by atoms with van der Waals surface area (Å²) >= 11 is 0. The van der Waals surface area contributed by atoms with Crippen molar-refractivity contribution in [1.82, 2.24) is 10.3 Å². The lowest BCUT2D eigenvalue weighted by Crippen LogP contribution is -2.21. The molecule has 152 valence electrons. The van der Waals surface area contributed by atoms with Crippen LogP contribution in [0.3, 0.4) is 0 Å². The summed E-state index contributed by atoms with van der Waals surface area (Å²) in [6.07, 6.45) is 0.500. The number of benzene rings is 2. The van der Waals surface area contributed by atoms with E-state index in [-0.39, 0.29) is 17.2 Å². The molecule has 7 nitrogen and oxygen atoms in total. The highest BCUT2D eigenvalue weighted by molar-refractivity contribution is 5.90. The van der Waals surface area contributed by atoms with E-state index < -0.39 is 6.10 Å². The number of aromatic hydroxyl groups is 1. The Morgan fingerprint density at radius 1 is 1.10 bits per heavy atom. The van der Waals surface area contributed by atoms with Crippen molar-refractivity contribution in [2.75, 3.05) is 11.9 Å². The van der Waals surface area contributed by atoms with E-state index in [1.54, 1.807) is 12.1 Å². The molecular weight excluding hydrogens is 370 g/mol. The van der Waals surface area contributed by atoms with Crippen molar-refractivity contribution in [2.24, 2.45) is 0 Å². The van der Waals surface area contributed by atoms with Gasteiger partial charge >= 0.3 is 0 Å². The van der Waals surface area contributed by atoms with Crippen LogP contribution in [0.4, 0.5) is 5.69 Å². The minimum Gasteiger partial charge on any atom is -0.506 e. The van der Waals surface area contributed by atoms with E-state index in [4.69, 9.17) is 0 Å². The first-order valence-corrected chi connectivity index (χ1v) is 9.60. The van der Waals surface area contributed by atoms with Crippen molar-refractivity contribution >= 4 is 22.5 Å². The summed E-state index contributed by atoms with van der Waals surface area (Å²) in [5.74, 6) is -0.0308. The lowest BCUT2D eigenvalue weighted by Gasteiger charge is -2.15. The van der Waals surface area contributed by atoms with Crippen LogP contribution in [0.1, 0.15) is 37.0 Å². The molecule has 1 amide bonds. The summed E-state index contributed by atoms with van der Waals surface area (Å²) < 4.78 is 0. The van der Waals surface area contributed by atoms with Crippen molar-refractivity contribution in [3.63, 3.8) is 0 Å². The van der Waals surface area contributed by atoms with Gasteiger partial charge in [0.05, 0.1) is 11.6 Å². The highest BCUT2D eigenvalue weighted by Crippen LogP contribution is 2.28. The molecule has 5 N–H and O–H groups in total. The predicted molar refractivity (Wildman–Crippen MR) is 113 cm³/mol. The molecule has 1 heterocycles. The Morgan fingerprint density at radius 3 is 2.59 bits per heavy atom. The lowest BCUT2D eigenvalue weighted by molar-refractivity contribution is -0.116. The molecule has 0 radical (unpaired) electrons. The molecule has 1 aromatic heterocycles. The predicted octanol–water partition coefficient (Wildman–Crippen LogP) is 2.80. The summed E-state index contributed by atoms with van der Waals surface area (Å²) in [6.45, 7) is 2.81. The average Bonchev–Trinajstić information content (AvgIpc) is 2.70. The number of aliphatic hydroxyl groups excluding tert-OH is 1. The zero-order valence-corrected chi connectivity index (χ0v) is 16.2. The van der Waals surface area contributed by atoms with Crippen LogP contribution in [0.15, 0.2) is 53.3 Å². The second-order valence-corrected chi connectivity index (χ2v) is 6.93. The van der Waals surface area contributed by atoms with Gasteiger partial charge in [0.2, 0.25) is 11.5 Å². The molecule has 1 atom stereocenters. The number of carbonyl (C=O) groups excluding carboxylic acids is 1. The van der Waals surface area contributed by atoms with Gasteiger partial charge in [0.25, 0.3) is 0 Å². The Kier molecular flexibility index (Phi) is 6.64. The second kappa shape index (κ2) is 9.36. The molecular formula is C22H25N3O4. The topological polar surface area (TPSA) is 114 Å². The Labute approximate surface area is 168 Å². The number of aliphatic hydroxyl groups is 1. The van der Waals surface area contributed by atoms with Crippen molar-refractivity contribution < 1.29 is 15.0 Å². The molecule has 0 spiro atoms. The van der Waals surface area contributed by atoms with Crippen LogP contribution in [-0.4, -0.2) is 27.6 Å². The standard InChI is InChI=1S/C22H25N3O4/c1-2-3-20(28)24-15-6-4-14(5-7-15)12-23-13-19(27)16-8-10-18(26)22-17(16)9-11-21(29)25-22/h4-11,19,23,26-27H,2-3,12-13H2,1H3,(H,24,28)(H,25,29)/t19-/m0/s1. The van der Waals surface area contributed by atoms with Crippen LogP contribution in [-0.2, 0) is 11.3 Å². The first-order chi connectivity index (χ1) is 14.0. The number of aromatic nitrogens is 1. The lowest BCUT2D eigenvalue weighted by atomic mass is 10.0. The number of rotatable bonds is 8. The van der Waals surface area contributed by atoms with E-state index >= 15 is 0 Å². The third kappa shape index (κ3) is 5.22. The van der Waals surface area contributed by atoms with E-state index in [0.29, 0.717) is 36.0 Å². The number of fused-ring (bicyclic) bond motifs is 1. The Bertz CT molecular complexity index is 1040. The Morgan fingerprint density at radius 2 is 1.86 bits per heavy atom. The minimum absolute atomic E-state index is 0.00367. The number of nitrogens with one attached hydrogen (secondary N) is 3. The van der Waals surface area contributed by atoms with Gasteiger partial charge in [0.15, 0.2) is 0 Å². The molecule has 0 aliphatic heterocycles.